The predicted molar refractivity (Wildman–Crippen MR) is 96.2 cm³/mol. The molecule has 5 nitrogen and oxygen atoms in total. The van der Waals surface area contributed by atoms with E-state index in [4.69, 9.17) is 4.98 Å². The van der Waals surface area contributed by atoms with Crippen LogP contribution in [0.5, 0.6) is 5.88 Å². The van der Waals surface area contributed by atoms with Crippen molar-refractivity contribution in [3.63, 3.8) is 0 Å². The molecule has 6 heteroatoms. The lowest BCUT2D eigenvalue weighted by molar-refractivity contribution is 0.461. The molecule has 4 rings (SSSR count). The summed E-state index contributed by atoms with van der Waals surface area (Å²) in [7, 11) is 1.88. The Morgan fingerprint density at radius 3 is 2.71 bits per heavy atom. The smallest absolute Gasteiger partial charge is 0.233 e. The van der Waals surface area contributed by atoms with Gasteiger partial charge in [-0.2, -0.15) is 4.98 Å². The van der Waals surface area contributed by atoms with Gasteiger partial charge in [0.05, 0.1) is 5.52 Å². The molecular weight excluding hydrogens is 320 g/mol. The fourth-order valence-corrected chi connectivity index (χ4v) is 3.90. The lowest BCUT2D eigenvalue weighted by atomic mass is 10.0. The van der Waals surface area contributed by atoms with E-state index in [1.807, 2.05) is 30.8 Å². The van der Waals surface area contributed by atoms with Crippen molar-refractivity contribution in [1.29, 1.82) is 0 Å². The van der Waals surface area contributed by atoms with Gasteiger partial charge in [0, 0.05) is 29.9 Å². The molecular formula is C18H16N4OS. The third-order valence-corrected chi connectivity index (χ3v) is 5.11. The molecule has 0 aliphatic heterocycles. The van der Waals surface area contributed by atoms with Crippen LogP contribution in [0.3, 0.4) is 0 Å². The Balaban J connectivity index is 2.03. The van der Waals surface area contributed by atoms with Gasteiger partial charge in [0.25, 0.3) is 0 Å². The molecule has 0 aliphatic carbocycles. The molecule has 0 fully saturated rings. The van der Waals surface area contributed by atoms with Crippen LogP contribution in [0.1, 0.15) is 10.4 Å². The number of aryl methyl sites for hydroxylation is 3. The van der Waals surface area contributed by atoms with E-state index in [-0.39, 0.29) is 5.88 Å². The molecule has 0 aliphatic rings. The Hall–Kier alpha value is -2.73. The summed E-state index contributed by atoms with van der Waals surface area (Å²) in [4.78, 5) is 14.4. The van der Waals surface area contributed by atoms with Gasteiger partial charge in [0.15, 0.2) is 11.6 Å². The standard InChI is InChI=1S/C18H16N4OS/c1-10-5-4-6-12(9-10)13-11(2)24-15-14(13)20-16(21-18(15)23)17-19-7-8-22(17)3/h4-9H,1-3H3,(H,20,21,23). The zero-order valence-electron chi connectivity index (χ0n) is 13.6. The summed E-state index contributed by atoms with van der Waals surface area (Å²) in [6.07, 6.45) is 3.53. The average Bonchev–Trinajstić information content (AvgIpc) is 3.10. The van der Waals surface area contributed by atoms with E-state index in [1.165, 1.54) is 16.9 Å². The summed E-state index contributed by atoms with van der Waals surface area (Å²) in [6.45, 7) is 4.11. The second kappa shape index (κ2) is 5.42. The van der Waals surface area contributed by atoms with Gasteiger partial charge in [-0.1, -0.05) is 29.8 Å². The van der Waals surface area contributed by atoms with Crippen LogP contribution >= 0.6 is 11.3 Å². The van der Waals surface area contributed by atoms with E-state index in [0.29, 0.717) is 16.3 Å². The second-order valence-corrected chi connectivity index (χ2v) is 7.04. The monoisotopic (exact) mass is 336 g/mol. The highest BCUT2D eigenvalue weighted by Gasteiger charge is 2.19. The maximum atomic E-state index is 10.4. The van der Waals surface area contributed by atoms with Crippen molar-refractivity contribution in [2.24, 2.45) is 7.05 Å². The summed E-state index contributed by atoms with van der Waals surface area (Å²) in [5.74, 6) is 1.07. The first-order chi connectivity index (χ1) is 11.5. The van der Waals surface area contributed by atoms with Crippen LogP contribution in [0, 0.1) is 13.8 Å². The number of aromatic hydroxyl groups is 1. The van der Waals surface area contributed by atoms with Crippen molar-refractivity contribution < 1.29 is 5.11 Å². The molecule has 0 spiro atoms. The minimum absolute atomic E-state index is 0.00463. The molecule has 0 radical (unpaired) electrons. The van der Waals surface area contributed by atoms with Crippen LogP contribution < -0.4 is 0 Å². The van der Waals surface area contributed by atoms with Crippen LogP contribution in [-0.2, 0) is 7.05 Å². The number of rotatable bonds is 2. The molecule has 0 bridgehead atoms. The lowest BCUT2D eigenvalue weighted by Gasteiger charge is -2.05. The molecule has 0 saturated carbocycles. The van der Waals surface area contributed by atoms with Gasteiger partial charge in [-0.3, -0.25) is 0 Å². The Morgan fingerprint density at radius 1 is 1.17 bits per heavy atom. The van der Waals surface area contributed by atoms with Crippen molar-refractivity contribution in [2.75, 3.05) is 0 Å². The first kappa shape index (κ1) is 14.8. The fraction of sp³-hybridized carbons (Fsp3) is 0.167. The highest BCUT2D eigenvalue weighted by Crippen LogP contribution is 2.41. The van der Waals surface area contributed by atoms with E-state index in [1.54, 1.807) is 6.20 Å². The third kappa shape index (κ3) is 2.27. The van der Waals surface area contributed by atoms with Gasteiger partial charge in [-0.15, -0.1) is 11.3 Å². The molecule has 4 aromatic rings. The Bertz CT molecular complexity index is 1060. The van der Waals surface area contributed by atoms with Gasteiger partial charge in [-0.05, 0) is 19.4 Å². The van der Waals surface area contributed by atoms with Crippen molar-refractivity contribution >= 4 is 21.6 Å². The number of imidazole rings is 1. The minimum atomic E-state index is 0.00463. The van der Waals surface area contributed by atoms with Gasteiger partial charge in [0.2, 0.25) is 5.88 Å². The van der Waals surface area contributed by atoms with Gasteiger partial charge >= 0.3 is 0 Å². The van der Waals surface area contributed by atoms with Crippen molar-refractivity contribution in [3.8, 4) is 28.7 Å². The van der Waals surface area contributed by atoms with Gasteiger partial charge in [-0.25, -0.2) is 9.97 Å². The van der Waals surface area contributed by atoms with Gasteiger partial charge < -0.3 is 9.67 Å². The normalized spacial score (nSPS) is 11.3. The zero-order chi connectivity index (χ0) is 16.8. The molecule has 3 aromatic heterocycles. The molecule has 1 N–H and O–H groups in total. The highest BCUT2D eigenvalue weighted by atomic mass is 32.1. The van der Waals surface area contributed by atoms with Gasteiger partial charge in [0.1, 0.15) is 4.70 Å². The molecule has 0 amide bonds. The SMILES string of the molecule is Cc1cccc(-c2c(C)sc3c(O)nc(-c4nccn4C)nc23)c1. The largest absolute Gasteiger partial charge is 0.492 e. The maximum Gasteiger partial charge on any atom is 0.233 e. The summed E-state index contributed by atoms with van der Waals surface area (Å²) in [6, 6.07) is 8.31. The topological polar surface area (TPSA) is 63.8 Å². The number of benzene rings is 1. The average molecular weight is 336 g/mol. The molecule has 0 unspecified atom stereocenters. The summed E-state index contributed by atoms with van der Waals surface area (Å²) >= 11 is 1.51. The third-order valence-electron chi connectivity index (χ3n) is 4.02. The molecule has 3 heterocycles. The molecule has 120 valence electrons. The van der Waals surface area contributed by atoms with Crippen LogP contribution in [0.15, 0.2) is 36.7 Å². The number of hydrogen-bond donors (Lipinski definition) is 1. The van der Waals surface area contributed by atoms with E-state index < -0.39 is 0 Å². The van der Waals surface area contributed by atoms with E-state index in [0.717, 1.165) is 21.5 Å². The predicted octanol–water partition coefficient (Wildman–Crippen LogP) is 4.08. The number of hydrogen-bond acceptors (Lipinski definition) is 5. The summed E-state index contributed by atoms with van der Waals surface area (Å²) in [5.41, 5.74) is 4.11. The number of nitrogens with zero attached hydrogens (tertiary/aromatic N) is 4. The van der Waals surface area contributed by atoms with Crippen LogP contribution in [0.25, 0.3) is 33.0 Å². The number of fused-ring (bicyclic) bond motifs is 1. The highest BCUT2D eigenvalue weighted by molar-refractivity contribution is 7.20. The van der Waals surface area contributed by atoms with Crippen molar-refractivity contribution in [1.82, 2.24) is 19.5 Å². The van der Waals surface area contributed by atoms with Crippen LogP contribution in [0.2, 0.25) is 0 Å². The quantitative estimate of drug-likeness (QED) is 0.599. The summed E-state index contributed by atoms with van der Waals surface area (Å²) in [5, 5.41) is 10.4. The molecule has 1 aromatic carbocycles. The fourth-order valence-electron chi connectivity index (χ4n) is 2.89. The maximum absolute atomic E-state index is 10.4. The Morgan fingerprint density at radius 2 is 2.00 bits per heavy atom. The Labute approximate surface area is 143 Å². The van der Waals surface area contributed by atoms with Crippen LogP contribution in [-0.4, -0.2) is 24.6 Å². The van der Waals surface area contributed by atoms with E-state index in [9.17, 15) is 5.11 Å². The number of aromatic nitrogens is 4. The summed E-state index contributed by atoms with van der Waals surface area (Å²) < 4.78 is 2.55. The van der Waals surface area contributed by atoms with E-state index in [2.05, 4.69) is 35.1 Å². The van der Waals surface area contributed by atoms with Crippen LogP contribution in [0.4, 0.5) is 0 Å². The first-order valence-electron chi connectivity index (χ1n) is 7.59. The first-order valence-corrected chi connectivity index (χ1v) is 8.41. The molecule has 24 heavy (non-hydrogen) atoms. The minimum Gasteiger partial charge on any atom is -0.492 e. The van der Waals surface area contributed by atoms with Crippen molar-refractivity contribution in [3.05, 3.63) is 47.1 Å². The molecule has 0 atom stereocenters. The van der Waals surface area contributed by atoms with E-state index >= 15 is 0 Å². The lowest BCUT2D eigenvalue weighted by Crippen LogP contribution is -1.97. The van der Waals surface area contributed by atoms with Crippen molar-refractivity contribution in [2.45, 2.75) is 13.8 Å². The molecule has 0 saturated heterocycles. The zero-order valence-corrected chi connectivity index (χ0v) is 14.4. The Kier molecular flexibility index (Phi) is 3.35. The second-order valence-electron chi connectivity index (χ2n) is 5.81. The number of thiophene rings is 1.